The number of phenolic OH excluding ortho intramolecular Hbond substituents is 1. The summed E-state index contributed by atoms with van der Waals surface area (Å²) in [6, 6.07) is 16.9. The molecule has 1 fully saturated rings. The van der Waals surface area contributed by atoms with Crippen molar-refractivity contribution in [3.63, 3.8) is 0 Å². The molecule has 188 valence electrons. The fraction of sp³-hybridized carbons (Fsp3) is 0.115. The third-order valence-electron chi connectivity index (χ3n) is 5.33. The van der Waals surface area contributed by atoms with Crippen LogP contribution in [0.4, 0.5) is 16.2 Å². The number of imide groups is 2. The fourth-order valence-electron chi connectivity index (χ4n) is 3.59. The van der Waals surface area contributed by atoms with Gasteiger partial charge in [-0.25, -0.2) is 9.69 Å². The molecular formula is C26H21N3O8. The van der Waals surface area contributed by atoms with Crippen molar-refractivity contribution in [1.82, 2.24) is 5.32 Å². The molecular weight excluding hydrogens is 482 g/mol. The Morgan fingerprint density at radius 3 is 2.38 bits per heavy atom. The van der Waals surface area contributed by atoms with E-state index in [1.54, 1.807) is 19.1 Å². The molecule has 11 nitrogen and oxygen atoms in total. The van der Waals surface area contributed by atoms with Gasteiger partial charge in [-0.05, 0) is 54.5 Å². The van der Waals surface area contributed by atoms with Crippen molar-refractivity contribution in [3.8, 4) is 17.2 Å². The lowest BCUT2D eigenvalue weighted by atomic mass is 10.1. The summed E-state index contributed by atoms with van der Waals surface area (Å²) in [6.07, 6.45) is 1.09. The number of nitro benzene ring substituents is 1. The molecule has 3 aromatic carbocycles. The lowest BCUT2D eigenvalue weighted by molar-refractivity contribution is -0.386. The third kappa shape index (κ3) is 5.40. The summed E-state index contributed by atoms with van der Waals surface area (Å²) in [5.74, 6) is -2.27. The molecule has 0 aliphatic carbocycles. The minimum Gasteiger partial charge on any atom is -0.500 e. The van der Waals surface area contributed by atoms with Gasteiger partial charge in [0.05, 0.1) is 17.2 Å². The van der Waals surface area contributed by atoms with Gasteiger partial charge in [-0.1, -0.05) is 30.3 Å². The minimum atomic E-state index is -0.970. The number of rotatable bonds is 8. The maximum absolute atomic E-state index is 13.2. The van der Waals surface area contributed by atoms with E-state index >= 15 is 0 Å². The number of urea groups is 1. The van der Waals surface area contributed by atoms with E-state index in [0.29, 0.717) is 12.4 Å². The van der Waals surface area contributed by atoms with Crippen LogP contribution in [-0.4, -0.2) is 34.5 Å². The van der Waals surface area contributed by atoms with Gasteiger partial charge in [-0.3, -0.25) is 25.0 Å². The van der Waals surface area contributed by atoms with E-state index in [1.165, 1.54) is 18.2 Å². The van der Waals surface area contributed by atoms with E-state index in [1.807, 2.05) is 30.3 Å². The molecule has 0 unspecified atom stereocenters. The first-order valence-electron chi connectivity index (χ1n) is 11.1. The Morgan fingerprint density at radius 1 is 1.03 bits per heavy atom. The molecule has 0 saturated carbocycles. The number of carbonyl (C=O) groups is 3. The second-order valence-corrected chi connectivity index (χ2v) is 7.80. The second-order valence-electron chi connectivity index (χ2n) is 7.80. The van der Waals surface area contributed by atoms with Crippen molar-refractivity contribution >= 4 is 35.3 Å². The number of hydrogen-bond donors (Lipinski definition) is 2. The second kappa shape index (κ2) is 10.6. The Morgan fingerprint density at radius 2 is 1.73 bits per heavy atom. The van der Waals surface area contributed by atoms with Crippen LogP contribution >= 0.6 is 0 Å². The van der Waals surface area contributed by atoms with E-state index in [0.717, 1.165) is 22.6 Å². The molecule has 1 saturated heterocycles. The number of carbonyl (C=O) groups excluding carboxylic acids is 3. The maximum Gasteiger partial charge on any atom is 0.335 e. The molecule has 0 radical (unpaired) electrons. The summed E-state index contributed by atoms with van der Waals surface area (Å²) in [6.45, 7) is 2.06. The number of phenols is 1. The molecule has 11 heteroatoms. The average Bonchev–Trinajstić information content (AvgIpc) is 2.88. The molecule has 4 rings (SSSR count). The first kappa shape index (κ1) is 24.9. The van der Waals surface area contributed by atoms with Crippen LogP contribution in [0.15, 0.2) is 72.3 Å². The highest BCUT2D eigenvalue weighted by atomic mass is 16.6. The van der Waals surface area contributed by atoms with Crippen LogP contribution < -0.4 is 19.7 Å². The number of nitrogens with zero attached hydrogens (tertiary/aromatic N) is 2. The van der Waals surface area contributed by atoms with Gasteiger partial charge in [0, 0.05) is 6.07 Å². The number of aromatic hydroxyl groups is 1. The van der Waals surface area contributed by atoms with Crippen LogP contribution in [0.3, 0.4) is 0 Å². The number of barbiturate groups is 1. The largest absolute Gasteiger partial charge is 0.500 e. The Balaban J connectivity index is 1.61. The molecule has 37 heavy (non-hydrogen) atoms. The first-order valence-corrected chi connectivity index (χ1v) is 11.1. The average molecular weight is 503 g/mol. The van der Waals surface area contributed by atoms with Crippen molar-refractivity contribution in [3.05, 3.63) is 93.5 Å². The van der Waals surface area contributed by atoms with E-state index in [-0.39, 0.29) is 23.6 Å². The summed E-state index contributed by atoms with van der Waals surface area (Å²) in [4.78, 5) is 49.5. The Hall–Kier alpha value is -5.19. The van der Waals surface area contributed by atoms with Crippen LogP contribution in [0, 0.1) is 10.1 Å². The van der Waals surface area contributed by atoms with E-state index in [4.69, 9.17) is 9.47 Å². The quantitative estimate of drug-likeness (QED) is 0.203. The van der Waals surface area contributed by atoms with Crippen molar-refractivity contribution in [2.45, 2.75) is 13.5 Å². The standard InChI is InChI=1S/C26H21N3O8/c1-2-36-22-14-17(13-21(23(22)30)29(34)35)12-20-24(31)27-26(33)28(25(20)32)18-8-10-19(11-9-18)37-15-16-6-4-3-5-7-16/h3-14,30H,2,15H2,1H3,(H,27,31,33)/b20-12+. The van der Waals surface area contributed by atoms with Gasteiger partial charge in [0.1, 0.15) is 17.9 Å². The van der Waals surface area contributed by atoms with Gasteiger partial charge in [-0.2, -0.15) is 0 Å². The molecule has 1 heterocycles. The van der Waals surface area contributed by atoms with E-state index in [9.17, 15) is 29.6 Å². The molecule has 0 atom stereocenters. The fourth-order valence-corrected chi connectivity index (χ4v) is 3.59. The molecule has 3 aromatic rings. The van der Waals surface area contributed by atoms with Gasteiger partial charge in [0.25, 0.3) is 11.8 Å². The number of amides is 4. The number of nitrogens with one attached hydrogen (secondary N) is 1. The van der Waals surface area contributed by atoms with Crippen LogP contribution in [0.5, 0.6) is 17.2 Å². The summed E-state index contributed by atoms with van der Waals surface area (Å²) in [7, 11) is 0. The van der Waals surface area contributed by atoms with Gasteiger partial charge in [0.15, 0.2) is 5.75 Å². The number of ether oxygens (including phenoxy) is 2. The zero-order valence-electron chi connectivity index (χ0n) is 19.5. The van der Waals surface area contributed by atoms with Gasteiger partial charge < -0.3 is 14.6 Å². The van der Waals surface area contributed by atoms with Crippen LogP contribution in [0.1, 0.15) is 18.1 Å². The predicted molar refractivity (Wildman–Crippen MR) is 132 cm³/mol. The zero-order valence-corrected chi connectivity index (χ0v) is 19.5. The summed E-state index contributed by atoms with van der Waals surface area (Å²) >= 11 is 0. The zero-order chi connectivity index (χ0) is 26.5. The van der Waals surface area contributed by atoms with Crippen molar-refractivity contribution < 1.29 is 33.9 Å². The van der Waals surface area contributed by atoms with Crippen LogP contribution in [-0.2, 0) is 16.2 Å². The number of anilines is 1. The Kier molecular flexibility index (Phi) is 7.14. The van der Waals surface area contributed by atoms with Crippen LogP contribution in [0.25, 0.3) is 6.08 Å². The number of hydrogen-bond acceptors (Lipinski definition) is 8. The minimum absolute atomic E-state index is 0.0467. The molecule has 1 aliphatic rings. The van der Waals surface area contributed by atoms with Crippen LogP contribution in [0.2, 0.25) is 0 Å². The smallest absolute Gasteiger partial charge is 0.335 e. The molecule has 0 aromatic heterocycles. The van der Waals surface area contributed by atoms with Crippen molar-refractivity contribution in [2.24, 2.45) is 0 Å². The van der Waals surface area contributed by atoms with Crippen molar-refractivity contribution in [2.75, 3.05) is 11.5 Å². The summed E-state index contributed by atoms with van der Waals surface area (Å²) in [5.41, 5.74) is 0.0874. The predicted octanol–water partition coefficient (Wildman–Crippen LogP) is 3.94. The Labute approximate surface area is 210 Å². The highest BCUT2D eigenvalue weighted by molar-refractivity contribution is 6.39. The van der Waals surface area contributed by atoms with E-state index in [2.05, 4.69) is 5.32 Å². The molecule has 1 aliphatic heterocycles. The van der Waals surface area contributed by atoms with Gasteiger partial charge in [-0.15, -0.1) is 0 Å². The highest BCUT2D eigenvalue weighted by Crippen LogP contribution is 2.38. The van der Waals surface area contributed by atoms with Gasteiger partial charge in [0.2, 0.25) is 5.75 Å². The number of nitro groups is 1. The molecule has 0 bridgehead atoms. The molecule has 2 N–H and O–H groups in total. The summed E-state index contributed by atoms with van der Waals surface area (Å²) < 4.78 is 11.0. The maximum atomic E-state index is 13.2. The molecule has 4 amide bonds. The monoisotopic (exact) mass is 503 g/mol. The molecule has 0 spiro atoms. The van der Waals surface area contributed by atoms with E-state index < -0.39 is 39.8 Å². The van der Waals surface area contributed by atoms with Gasteiger partial charge >= 0.3 is 11.7 Å². The lowest BCUT2D eigenvalue weighted by Crippen LogP contribution is -2.54. The summed E-state index contributed by atoms with van der Waals surface area (Å²) in [5, 5.41) is 23.5. The van der Waals surface area contributed by atoms with Crippen molar-refractivity contribution in [1.29, 1.82) is 0 Å². The Bertz CT molecular complexity index is 1400. The SMILES string of the molecule is CCOc1cc(/C=C2\C(=O)NC(=O)N(c3ccc(OCc4ccccc4)cc3)C2=O)cc([N+](=O)[O-])c1O. The normalized spacial score (nSPS) is 14.5. The first-order chi connectivity index (χ1) is 17.8. The third-order valence-corrected chi connectivity index (χ3v) is 5.33. The topological polar surface area (TPSA) is 148 Å². The highest BCUT2D eigenvalue weighted by Gasteiger charge is 2.37. The lowest BCUT2D eigenvalue weighted by Gasteiger charge is -2.26. The number of benzene rings is 3.